The van der Waals surface area contributed by atoms with E-state index in [4.69, 9.17) is 4.42 Å². The standard InChI is InChI=1S/C12H17NO/c1-13-12(11-7-8-14-9-11)10-5-3-2-4-6-10/h5,7-9,12-13H,2-4,6H2,1H3. The van der Waals surface area contributed by atoms with E-state index in [1.807, 2.05) is 19.4 Å². The Labute approximate surface area is 85.0 Å². The Kier molecular flexibility index (Phi) is 3.04. The summed E-state index contributed by atoms with van der Waals surface area (Å²) < 4.78 is 5.12. The number of allylic oxidation sites excluding steroid dienone is 1. The van der Waals surface area contributed by atoms with Crippen molar-refractivity contribution in [2.45, 2.75) is 31.7 Å². The normalized spacial score (nSPS) is 19.1. The molecular formula is C12H17NO. The highest BCUT2D eigenvalue weighted by atomic mass is 16.3. The maximum Gasteiger partial charge on any atom is 0.0953 e. The second-order valence-corrected chi connectivity index (χ2v) is 3.80. The quantitative estimate of drug-likeness (QED) is 0.743. The lowest BCUT2D eigenvalue weighted by atomic mass is 9.91. The highest BCUT2D eigenvalue weighted by Crippen LogP contribution is 2.29. The fourth-order valence-electron chi connectivity index (χ4n) is 2.13. The van der Waals surface area contributed by atoms with E-state index in [1.54, 1.807) is 6.26 Å². The van der Waals surface area contributed by atoms with Crippen LogP contribution in [0.2, 0.25) is 0 Å². The topological polar surface area (TPSA) is 25.2 Å². The Morgan fingerprint density at radius 1 is 1.43 bits per heavy atom. The van der Waals surface area contributed by atoms with Gasteiger partial charge in [-0.3, -0.25) is 0 Å². The molecule has 0 saturated carbocycles. The molecule has 0 radical (unpaired) electrons. The second-order valence-electron chi connectivity index (χ2n) is 3.80. The summed E-state index contributed by atoms with van der Waals surface area (Å²) in [6, 6.07) is 2.39. The van der Waals surface area contributed by atoms with E-state index < -0.39 is 0 Å². The summed E-state index contributed by atoms with van der Waals surface area (Å²) >= 11 is 0. The van der Waals surface area contributed by atoms with Crippen LogP contribution >= 0.6 is 0 Å². The zero-order valence-electron chi connectivity index (χ0n) is 8.62. The van der Waals surface area contributed by atoms with Crippen LogP contribution in [0.3, 0.4) is 0 Å². The molecule has 0 fully saturated rings. The number of likely N-dealkylation sites (N-methyl/N-ethyl adjacent to an activating group) is 1. The first-order valence-electron chi connectivity index (χ1n) is 5.30. The first-order chi connectivity index (χ1) is 6.92. The number of nitrogens with one attached hydrogen (secondary N) is 1. The van der Waals surface area contributed by atoms with Crippen LogP contribution in [0.5, 0.6) is 0 Å². The molecule has 2 rings (SSSR count). The van der Waals surface area contributed by atoms with Crippen LogP contribution in [0.15, 0.2) is 34.7 Å². The lowest BCUT2D eigenvalue weighted by molar-refractivity contribution is 0.548. The van der Waals surface area contributed by atoms with E-state index in [-0.39, 0.29) is 0 Å². The zero-order valence-corrected chi connectivity index (χ0v) is 8.62. The average Bonchev–Trinajstić information content (AvgIpc) is 2.74. The van der Waals surface area contributed by atoms with Gasteiger partial charge in [0.2, 0.25) is 0 Å². The van der Waals surface area contributed by atoms with Gasteiger partial charge < -0.3 is 9.73 Å². The Morgan fingerprint density at radius 2 is 2.36 bits per heavy atom. The lowest BCUT2D eigenvalue weighted by Gasteiger charge is -2.21. The molecule has 2 heteroatoms. The minimum absolute atomic E-state index is 0.356. The van der Waals surface area contributed by atoms with Gasteiger partial charge in [0.25, 0.3) is 0 Å². The summed E-state index contributed by atoms with van der Waals surface area (Å²) in [4.78, 5) is 0. The number of furan rings is 1. The van der Waals surface area contributed by atoms with Gasteiger partial charge in [0.1, 0.15) is 0 Å². The van der Waals surface area contributed by atoms with Gasteiger partial charge in [0.15, 0.2) is 0 Å². The summed E-state index contributed by atoms with van der Waals surface area (Å²) in [5, 5.41) is 3.35. The van der Waals surface area contributed by atoms with Crippen LogP contribution in [0.4, 0.5) is 0 Å². The lowest BCUT2D eigenvalue weighted by Crippen LogP contribution is -2.19. The summed E-state index contributed by atoms with van der Waals surface area (Å²) in [6.07, 6.45) is 11.0. The van der Waals surface area contributed by atoms with Crippen LogP contribution in [0, 0.1) is 0 Å². The van der Waals surface area contributed by atoms with Crippen molar-refractivity contribution >= 4 is 0 Å². The van der Waals surface area contributed by atoms with Gasteiger partial charge in [-0.2, -0.15) is 0 Å². The fraction of sp³-hybridized carbons (Fsp3) is 0.500. The van der Waals surface area contributed by atoms with Crippen molar-refractivity contribution in [3.8, 4) is 0 Å². The molecule has 1 unspecified atom stereocenters. The molecule has 0 spiro atoms. The van der Waals surface area contributed by atoms with Crippen molar-refractivity contribution in [3.63, 3.8) is 0 Å². The molecule has 1 aromatic heterocycles. The van der Waals surface area contributed by atoms with E-state index in [2.05, 4.69) is 11.4 Å². The monoisotopic (exact) mass is 191 g/mol. The van der Waals surface area contributed by atoms with Crippen molar-refractivity contribution in [1.82, 2.24) is 5.32 Å². The number of hydrogen-bond acceptors (Lipinski definition) is 2. The van der Waals surface area contributed by atoms with Crippen LogP contribution < -0.4 is 5.32 Å². The van der Waals surface area contributed by atoms with Crippen LogP contribution in [-0.2, 0) is 0 Å². The van der Waals surface area contributed by atoms with E-state index in [0.717, 1.165) is 0 Å². The summed E-state index contributed by atoms with van der Waals surface area (Å²) in [7, 11) is 2.01. The third-order valence-corrected chi connectivity index (χ3v) is 2.86. The number of hydrogen-bond donors (Lipinski definition) is 1. The molecule has 0 aliphatic heterocycles. The van der Waals surface area contributed by atoms with E-state index in [9.17, 15) is 0 Å². The molecule has 2 nitrogen and oxygen atoms in total. The maximum atomic E-state index is 5.12. The fourth-order valence-corrected chi connectivity index (χ4v) is 2.13. The minimum Gasteiger partial charge on any atom is -0.472 e. The molecule has 0 bridgehead atoms. The highest BCUT2D eigenvalue weighted by molar-refractivity contribution is 5.25. The highest BCUT2D eigenvalue weighted by Gasteiger charge is 2.16. The predicted molar refractivity (Wildman–Crippen MR) is 57.1 cm³/mol. The van der Waals surface area contributed by atoms with Crippen LogP contribution in [0.25, 0.3) is 0 Å². The minimum atomic E-state index is 0.356. The summed E-state index contributed by atoms with van der Waals surface area (Å²) in [5.41, 5.74) is 2.75. The van der Waals surface area contributed by atoms with Gasteiger partial charge in [-0.25, -0.2) is 0 Å². The molecule has 1 aliphatic rings. The Bertz CT molecular complexity index is 300. The van der Waals surface area contributed by atoms with Gasteiger partial charge in [0, 0.05) is 5.56 Å². The third-order valence-electron chi connectivity index (χ3n) is 2.86. The van der Waals surface area contributed by atoms with Crippen molar-refractivity contribution < 1.29 is 4.42 Å². The molecule has 1 aromatic rings. The van der Waals surface area contributed by atoms with E-state index in [0.29, 0.717) is 6.04 Å². The maximum absolute atomic E-state index is 5.12. The largest absolute Gasteiger partial charge is 0.472 e. The Morgan fingerprint density at radius 3 is 2.93 bits per heavy atom. The Balaban J connectivity index is 2.16. The van der Waals surface area contributed by atoms with Crippen molar-refractivity contribution in [1.29, 1.82) is 0 Å². The van der Waals surface area contributed by atoms with E-state index >= 15 is 0 Å². The molecule has 1 N–H and O–H groups in total. The first kappa shape index (κ1) is 9.53. The third kappa shape index (κ3) is 1.90. The smallest absolute Gasteiger partial charge is 0.0953 e. The summed E-state index contributed by atoms with van der Waals surface area (Å²) in [6.45, 7) is 0. The van der Waals surface area contributed by atoms with Gasteiger partial charge in [-0.1, -0.05) is 11.6 Å². The van der Waals surface area contributed by atoms with Crippen molar-refractivity contribution in [3.05, 3.63) is 35.8 Å². The number of rotatable bonds is 3. The molecule has 0 amide bonds. The molecule has 1 heterocycles. The second kappa shape index (κ2) is 4.47. The van der Waals surface area contributed by atoms with Gasteiger partial charge in [0.05, 0.1) is 18.6 Å². The average molecular weight is 191 g/mol. The van der Waals surface area contributed by atoms with Gasteiger partial charge in [-0.05, 0) is 38.8 Å². The zero-order chi connectivity index (χ0) is 9.80. The van der Waals surface area contributed by atoms with Gasteiger partial charge >= 0.3 is 0 Å². The molecular weight excluding hydrogens is 174 g/mol. The van der Waals surface area contributed by atoms with Crippen LogP contribution in [0.1, 0.15) is 37.3 Å². The van der Waals surface area contributed by atoms with Crippen LogP contribution in [-0.4, -0.2) is 7.05 Å². The molecule has 1 aliphatic carbocycles. The molecule has 76 valence electrons. The molecule has 14 heavy (non-hydrogen) atoms. The van der Waals surface area contributed by atoms with Crippen molar-refractivity contribution in [2.75, 3.05) is 7.05 Å². The molecule has 1 atom stereocenters. The SMILES string of the molecule is CNC(C1=CCCCC1)c1ccoc1. The van der Waals surface area contributed by atoms with Crippen molar-refractivity contribution in [2.24, 2.45) is 0 Å². The van der Waals surface area contributed by atoms with Gasteiger partial charge in [-0.15, -0.1) is 0 Å². The first-order valence-corrected chi connectivity index (χ1v) is 5.30. The predicted octanol–water partition coefficient (Wildman–Crippen LogP) is 3.04. The molecule has 0 aromatic carbocycles. The summed E-state index contributed by atoms with van der Waals surface area (Å²) in [5.74, 6) is 0. The molecule has 0 saturated heterocycles. The van der Waals surface area contributed by atoms with E-state index in [1.165, 1.54) is 36.8 Å². The Hall–Kier alpha value is -1.02.